The summed E-state index contributed by atoms with van der Waals surface area (Å²) in [7, 11) is 1.84. The van der Waals surface area contributed by atoms with E-state index in [4.69, 9.17) is 9.47 Å². The average molecular weight is 496 g/mol. The number of nitrogens with one attached hydrogen (secondary N) is 2. The number of piperidine rings is 1. The number of hydrogen-bond donors (Lipinski definition) is 2. The van der Waals surface area contributed by atoms with Crippen molar-refractivity contribution in [1.82, 2.24) is 15.5 Å². The van der Waals surface area contributed by atoms with E-state index in [2.05, 4.69) is 27.4 Å². The zero-order chi connectivity index (χ0) is 18.5. The van der Waals surface area contributed by atoms with Gasteiger partial charge in [-0.25, -0.2) is 0 Å². The third-order valence-electron chi connectivity index (χ3n) is 5.49. The summed E-state index contributed by atoms with van der Waals surface area (Å²) in [6, 6.07) is 1.39. The van der Waals surface area contributed by atoms with Crippen LogP contribution in [0.1, 0.15) is 58.3 Å². The third-order valence-corrected chi connectivity index (χ3v) is 5.49. The van der Waals surface area contributed by atoms with Crippen molar-refractivity contribution in [3.05, 3.63) is 0 Å². The second kappa shape index (κ2) is 15.8. The Labute approximate surface area is 183 Å². The molecule has 0 aromatic rings. The molecule has 27 heavy (non-hydrogen) atoms. The van der Waals surface area contributed by atoms with Crippen molar-refractivity contribution in [3.8, 4) is 0 Å². The molecule has 0 aromatic heterocycles. The quantitative estimate of drug-likeness (QED) is 0.199. The molecule has 0 amide bonds. The number of aliphatic imine (C=N–C) groups is 1. The molecule has 1 saturated heterocycles. The molecule has 1 heterocycles. The zero-order valence-corrected chi connectivity index (χ0v) is 19.7. The molecule has 0 bridgehead atoms. The largest absolute Gasteiger partial charge is 0.379 e. The van der Waals surface area contributed by atoms with Crippen LogP contribution in [-0.2, 0) is 9.47 Å². The van der Waals surface area contributed by atoms with Gasteiger partial charge in [0, 0.05) is 45.4 Å². The van der Waals surface area contributed by atoms with Gasteiger partial charge in [0.25, 0.3) is 0 Å². The molecule has 6 nitrogen and oxygen atoms in total. The topological polar surface area (TPSA) is 58.1 Å². The summed E-state index contributed by atoms with van der Waals surface area (Å²) in [6.07, 6.45) is 10.4. The molecular weight excluding hydrogens is 455 g/mol. The van der Waals surface area contributed by atoms with Gasteiger partial charge in [0.15, 0.2) is 5.96 Å². The van der Waals surface area contributed by atoms with Gasteiger partial charge in [0.05, 0.1) is 19.8 Å². The van der Waals surface area contributed by atoms with Crippen LogP contribution in [0.3, 0.4) is 0 Å². The number of guanidine groups is 1. The van der Waals surface area contributed by atoms with E-state index in [9.17, 15) is 0 Å². The minimum Gasteiger partial charge on any atom is -0.379 e. The highest BCUT2D eigenvalue weighted by molar-refractivity contribution is 14.0. The monoisotopic (exact) mass is 496 g/mol. The molecule has 2 rings (SSSR count). The first-order valence-electron chi connectivity index (χ1n) is 10.7. The Balaban J connectivity index is 0.00000364. The van der Waals surface area contributed by atoms with Crippen molar-refractivity contribution in [2.75, 3.05) is 53.1 Å². The summed E-state index contributed by atoms with van der Waals surface area (Å²) >= 11 is 0. The highest BCUT2D eigenvalue weighted by Gasteiger charge is 2.27. The van der Waals surface area contributed by atoms with E-state index in [1.807, 2.05) is 7.05 Å². The zero-order valence-electron chi connectivity index (χ0n) is 17.4. The first-order valence-corrected chi connectivity index (χ1v) is 10.7. The molecular formula is C20H41IN4O2. The fraction of sp³-hybridized carbons (Fsp3) is 0.950. The number of nitrogens with zero attached hydrogens (tertiary/aromatic N) is 2. The lowest BCUT2D eigenvalue weighted by molar-refractivity contribution is 0.0487. The van der Waals surface area contributed by atoms with E-state index in [0.717, 1.165) is 31.6 Å². The number of hydrogen-bond acceptors (Lipinski definition) is 4. The summed E-state index contributed by atoms with van der Waals surface area (Å²) in [5.74, 6) is 0.895. The Morgan fingerprint density at radius 2 is 1.67 bits per heavy atom. The molecule has 1 aliphatic heterocycles. The van der Waals surface area contributed by atoms with Crippen molar-refractivity contribution in [1.29, 1.82) is 0 Å². The molecule has 1 aliphatic carbocycles. The van der Waals surface area contributed by atoms with E-state index in [1.54, 1.807) is 0 Å². The second-order valence-corrected chi connectivity index (χ2v) is 7.47. The SMILES string of the molecule is CCCCOCCOCCNC(=NC)NC1CCN(C2CCCC2)CC1.I. The van der Waals surface area contributed by atoms with Crippen molar-refractivity contribution >= 4 is 29.9 Å². The molecule has 160 valence electrons. The van der Waals surface area contributed by atoms with Crippen LogP contribution >= 0.6 is 24.0 Å². The van der Waals surface area contributed by atoms with E-state index < -0.39 is 0 Å². The van der Waals surface area contributed by atoms with Crippen LogP contribution in [-0.4, -0.2) is 76.1 Å². The molecule has 0 radical (unpaired) electrons. The Bertz CT molecular complexity index is 384. The van der Waals surface area contributed by atoms with Crippen molar-refractivity contribution in [3.63, 3.8) is 0 Å². The van der Waals surface area contributed by atoms with E-state index in [-0.39, 0.29) is 24.0 Å². The summed E-state index contributed by atoms with van der Waals surface area (Å²) in [5.41, 5.74) is 0. The molecule has 0 unspecified atom stereocenters. The minimum absolute atomic E-state index is 0. The third kappa shape index (κ3) is 10.3. The average Bonchev–Trinajstić information content (AvgIpc) is 3.21. The lowest BCUT2D eigenvalue weighted by Crippen LogP contribution is -2.50. The van der Waals surface area contributed by atoms with Gasteiger partial charge in [-0.3, -0.25) is 4.99 Å². The number of likely N-dealkylation sites (tertiary alicyclic amines) is 1. The number of rotatable bonds is 11. The van der Waals surface area contributed by atoms with Gasteiger partial charge in [-0.15, -0.1) is 24.0 Å². The highest BCUT2D eigenvalue weighted by Crippen LogP contribution is 2.26. The van der Waals surface area contributed by atoms with E-state index in [1.165, 1.54) is 58.0 Å². The van der Waals surface area contributed by atoms with Gasteiger partial charge in [0.1, 0.15) is 0 Å². The number of halogens is 1. The Hall–Kier alpha value is -0.120. The highest BCUT2D eigenvalue weighted by atomic mass is 127. The molecule has 2 aliphatic rings. The lowest BCUT2D eigenvalue weighted by Gasteiger charge is -2.36. The van der Waals surface area contributed by atoms with Gasteiger partial charge in [-0.1, -0.05) is 26.2 Å². The van der Waals surface area contributed by atoms with Gasteiger partial charge >= 0.3 is 0 Å². The standard InChI is InChI=1S/C20H40N4O2.HI/c1-3-4-14-25-16-17-26-15-11-22-20(21-2)23-18-9-12-24(13-10-18)19-7-5-6-8-19;/h18-19H,3-17H2,1-2H3,(H2,21,22,23);1H. The maximum absolute atomic E-state index is 5.59. The molecule has 0 atom stereocenters. The lowest BCUT2D eigenvalue weighted by atomic mass is 10.0. The van der Waals surface area contributed by atoms with Crippen LogP contribution in [0.4, 0.5) is 0 Å². The minimum atomic E-state index is 0. The van der Waals surface area contributed by atoms with Crippen LogP contribution in [0.15, 0.2) is 4.99 Å². The van der Waals surface area contributed by atoms with Crippen LogP contribution in [0.2, 0.25) is 0 Å². The maximum atomic E-state index is 5.59. The summed E-state index contributed by atoms with van der Waals surface area (Å²) in [6.45, 7) is 8.26. The van der Waals surface area contributed by atoms with E-state index >= 15 is 0 Å². The first-order chi connectivity index (χ1) is 12.8. The fourth-order valence-electron chi connectivity index (χ4n) is 3.88. The molecule has 0 aromatic carbocycles. The second-order valence-electron chi connectivity index (χ2n) is 7.47. The molecule has 1 saturated carbocycles. The first kappa shape index (κ1) is 24.9. The fourth-order valence-corrected chi connectivity index (χ4v) is 3.88. The number of ether oxygens (including phenoxy) is 2. The summed E-state index contributed by atoms with van der Waals surface area (Å²) < 4.78 is 11.1. The van der Waals surface area contributed by atoms with Gasteiger partial charge < -0.3 is 25.0 Å². The van der Waals surface area contributed by atoms with Crippen LogP contribution in [0.5, 0.6) is 0 Å². The van der Waals surface area contributed by atoms with Crippen molar-refractivity contribution in [2.24, 2.45) is 4.99 Å². The summed E-state index contributed by atoms with van der Waals surface area (Å²) in [5, 5.41) is 6.93. The molecule has 2 N–H and O–H groups in total. The van der Waals surface area contributed by atoms with Crippen molar-refractivity contribution < 1.29 is 9.47 Å². The molecule has 7 heteroatoms. The smallest absolute Gasteiger partial charge is 0.191 e. The van der Waals surface area contributed by atoms with Gasteiger partial charge in [-0.2, -0.15) is 0 Å². The molecule has 2 fully saturated rings. The Morgan fingerprint density at radius 3 is 2.30 bits per heavy atom. The predicted octanol–water partition coefficient (Wildman–Crippen LogP) is 3.01. The maximum Gasteiger partial charge on any atom is 0.191 e. The van der Waals surface area contributed by atoms with Crippen LogP contribution in [0, 0.1) is 0 Å². The van der Waals surface area contributed by atoms with Gasteiger partial charge in [0.2, 0.25) is 0 Å². The Morgan fingerprint density at radius 1 is 1.00 bits per heavy atom. The summed E-state index contributed by atoms with van der Waals surface area (Å²) in [4.78, 5) is 7.05. The number of unbranched alkanes of at least 4 members (excludes halogenated alkanes) is 1. The molecule has 0 spiro atoms. The van der Waals surface area contributed by atoms with Crippen LogP contribution in [0.25, 0.3) is 0 Å². The van der Waals surface area contributed by atoms with Gasteiger partial charge in [-0.05, 0) is 32.1 Å². The normalized spacial score (nSPS) is 19.9. The van der Waals surface area contributed by atoms with Crippen LogP contribution < -0.4 is 10.6 Å². The Kier molecular flexibility index (Phi) is 14.5. The van der Waals surface area contributed by atoms with E-state index in [0.29, 0.717) is 25.9 Å². The predicted molar refractivity (Wildman–Crippen MR) is 123 cm³/mol. The van der Waals surface area contributed by atoms with Crippen molar-refractivity contribution in [2.45, 2.75) is 70.4 Å².